The van der Waals surface area contributed by atoms with Gasteiger partial charge < -0.3 is 10.5 Å². The average molecular weight is 254 g/mol. The van der Waals surface area contributed by atoms with E-state index in [0.717, 1.165) is 24.9 Å². The number of ether oxygens (including phenoxy) is 1. The van der Waals surface area contributed by atoms with Crippen molar-refractivity contribution in [2.75, 3.05) is 27.3 Å². The van der Waals surface area contributed by atoms with Gasteiger partial charge in [-0.15, -0.1) is 0 Å². The lowest BCUT2D eigenvalue weighted by atomic mass is 10.1. The van der Waals surface area contributed by atoms with Gasteiger partial charge in [0, 0.05) is 19.7 Å². The van der Waals surface area contributed by atoms with Crippen molar-refractivity contribution in [2.24, 2.45) is 5.73 Å². The number of nitrogens with zero attached hydrogens (tertiary/aromatic N) is 1. The van der Waals surface area contributed by atoms with Crippen LogP contribution in [0.4, 0.5) is 4.39 Å². The molecule has 0 saturated carbocycles. The van der Waals surface area contributed by atoms with Gasteiger partial charge in [0.25, 0.3) is 0 Å². The lowest BCUT2D eigenvalue weighted by Crippen LogP contribution is -2.35. The first-order valence-corrected chi connectivity index (χ1v) is 6.31. The maximum atomic E-state index is 12.8. The van der Waals surface area contributed by atoms with Gasteiger partial charge in [0.15, 0.2) is 0 Å². The van der Waals surface area contributed by atoms with Gasteiger partial charge in [-0.25, -0.2) is 4.39 Å². The molecule has 0 saturated heterocycles. The predicted octanol–water partition coefficient (Wildman–Crippen LogP) is 2.01. The van der Waals surface area contributed by atoms with Gasteiger partial charge in [-0.05, 0) is 44.1 Å². The molecule has 2 N–H and O–H groups in total. The van der Waals surface area contributed by atoms with Crippen molar-refractivity contribution in [3.05, 3.63) is 35.6 Å². The van der Waals surface area contributed by atoms with E-state index in [4.69, 9.17) is 10.5 Å². The Morgan fingerprint density at radius 3 is 2.56 bits per heavy atom. The Bertz CT molecular complexity index is 329. The summed E-state index contributed by atoms with van der Waals surface area (Å²) in [6.45, 7) is 2.18. The smallest absolute Gasteiger partial charge is 0.123 e. The molecule has 1 atom stereocenters. The molecule has 0 aliphatic heterocycles. The number of nitrogens with two attached hydrogens (primary N) is 1. The second-order valence-electron chi connectivity index (χ2n) is 4.58. The molecule has 1 aromatic rings. The van der Waals surface area contributed by atoms with E-state index in [1.807, 2.05) is 12.1 Å². The minimum absolute atomic E-state index is 0.196. The van der Waals surface area contributed by atoms with Crippen LogP contribution in [0.15, 0.2) is 24.3 Å². The summed E-state index contributed by atoms with van der Waals surface area (Å²) in [5.41, 5.74) is 6.65. The summed E-state index contributed by atoms with van der Waals surface area (Å²) in [5, 5.41) is 0. The normalized spacial score (nSPS) is 12.9. The molecular weight excluding hydrogens is 231 g/mol. The third-order valence-electron chi connectivity index (χ3n) is 3.07. The molecule has 102 valence electrons. The van der Waals surface area contributed by atoms with Crippen molar-refractivity contribution in [1.82, 2.24) is 4.90 Å². The second kappa shape index (κ2) is 8.19. The molecule has 0 bridgehead atoms. The van der Waals surface area contributed by atoms with E-state index >= 15 is 0 Å². The van der Waals surface area contributed by atoms with Gasteiger partial charge >= 0.3 is 0 Å². The average Bonchev–Trinajstić information content (AvgIpc) is 2.37. The van der Waals surface area contributed by atoms with Crippen molar-refractivity contribution in [1.29, 1.82) is 0 Å². The predicted molar refractivity (Wildman–Crippen MR) is 71.8 cm³/mol. The van der Waals surface area contributed by atoms with Gasteiger partial charge in [-0.3, -0.25) is 4.90 Å². The van der Waals surface area contributed by atoms with Gasteiger partial charge in [0.05, 0.1) is 6.61 Å². The Labute approximate surface area is 109 Å². The van der Waals surface area contributed by atoms with Crippen LogP contribution in [0.3, 0.4) is 0 Å². The molecule has 1 aromatic carbocycles. The van der Waals surface area contributed by atoms with E-state index in [2.05, 4.69) is 11.9 Å². The SMILES string of the molecule is COCC(CCCN)N(C)Cc1ccc(F)cc1. The summed E-state index contributed by atoms with van der Waals surface area (Å²) in [4.78, 5) is 2.23. The van der Waals surface area contributed by atoms with Crippen molar-refractivity contribution in [3.8, 4) is 0 Å². The zero-order valence-corrected chi connectivity index (χ0v) is 11.2. The summed E-state index contributed by atoms with van der Waals surface area (Å²) in [7, 11) is 3.77. The minimum Gasteiger partial charge on any atom is -0.383 e. The van der Waals surface area contributed by atoms with Crippen LogP contribution in [0.2, 0.25) is 0 Å². The Morgan fingerprint density at radius 1 is 1.33 bits per heavy atom. The molecule has 0 aliphatic rings. The van der Waals surface area contributed by atoms with Gasteiger partial charge in [0.2, 0.25) is 0 Å². The van der Waals surface area contributed by atoms with E-state index in [0.29, 0.717) is 19.2 Å². The summed E-state index contributed by atoms with van der Waals surface area (Å²) in [5.74, 6) is -0.196. The molecule has 0 spiro atoms. The topological polar surface area (TPSA) is 38.5 Å². The van der Waals surface area contributed by atoms with E-state index in [-0.39, 0.29) is 5.82 Å². The Hall–Kier alpha value is -0.970. The van der Waals surface area contributed by atoms with Crippen LogP contribution < -0.4 is 5.73 Å². The van der Waals surface area contributed by atoms with E-state index in [1.54, 1.807) is 7.11 Å². The third-order valence-corrected chi connectivity index (χ3v) is 3.07. The summed E-state index contributed by atoms with van der Waals surface area (Å²) in [6.07, 6.45) is 2.00. The number of halogens is 1. The molecule has 0 heterocycles. The summed E-state index contributed by atoms with van der Waals surface area (Å²) in [6, 6.07) is 6.98. The molecule has 0 radical (unpaired) electrons. The molecule has 0 aromatic heterocycles. The highest BCUT2D eigenvalue weighted by molar-refractivity contribution is 5.15. The molecule has 3 nitrogen and oxygen atoms in total. The minimum atomic E-state index is -0.196. The van der Waals surface area contributed by atoms with Crippen LogP contribution in [0, 0.1) is 5.82 Å². The first-order valence-electron chi connectivity index (χ1n) is 6.31. The fourth-order valence-corrected chi connectivity index (χ4v) is 1.98. The third kappa shape index (κ3) is 5.12. The van der Waals surface area contributed by atoms with Crippen LogP contribution in [0.5, 0.6) is 0 Å². The molecule has 18 heavy (non-hydrogen) atoms. The molecule has 0 amide bonds. The van der Waals surface area contributed by atoms with E-state index in [9.17, 15) is 4.39 Å². The van der Waals surface area contributed by atoms with E-state index in [1.165, 1.54) is 12.1 Å². The highest BCUT2D eigenvalue weighted by atomic mass is 19.1. The molecule has 4 heteroatoms. The fourth-order valence-electron chi connectivity index (χ4n) is 1.98. The molecular formula is C14H23FN2O. The fraction of sp³-hybridized carbons (Fsp3) is 0.571. The zero-order valence-electron chi connectivity index (χ0n) is 11.2. The molecule has 1 rings (SSSR count). The Balaban J connectivity index is 2.53. The highest BCUT2D eigenvalue weighted by Gasteiger charge is 2.14. The first kappa shape index (κ1) is 15.1. The van der Waals surface area contributed by atoms with Crippen LogP contribution in [0.1, 0.15) is 18.4 Å². The Kier molecular flexibility index (Phi) is 6.86. The number of rotatable bonds is 8. The van der Waals surface area contributed by atoms with Crippen molar-refractivity contribution in [2.45, 2.75) is 25.4 Å². The second-order valence-corrected chi connectivity index (χ2v) is 4.58. The maximum Gasteiger partial charge on any atom is 0.123 e. The molecule has 0 fully saturated rings. The summed E-state index contributed by atoms with van der Waals surface area (Å²) < 4.78 is 18.1. The van der Waals surface area contributed by atoms with E-state index < -0.39 is 0 Å². The number of hydrogen-bond donors (Lipinski definition) is 1. The largest absolute Gasteiger partial charge is 0.383 e. The van der Waals surface area contributed by atoms with Gasteiger partial charge in [-0.1, -0.05) is 12.1 Å². The number of hydrogen-bond acceptors (Lipinski definition) is 3. The van der Waals surface area contributed by atoms with Crippen molar-refractivity contribution >= 4 is 0 Å². The molecule has 1 unspecified atom stereocenters. The molecule has 0 aliphatic carbocycles. The highest BCUT2D eigenvalue weighted by Crippen LogP contribution is 2.11. The quantitative estimate of drug-likeness (QED) is 0.771. The standard InChI is InChI=1S/C14H23FN2O/c1-17(14(11-18-2)4-3-9-16)10-12-5-7-13(15)8-6-12/h5-8,14H,3-4,9-11,16H2,1-2H3. The van der Waals surface area contributed by atoms with Gasteiger partial charge in [-0.2, -0.15) is 0 Å². The summed E-state index contributed by atoms with van der Waals surface area (Å²) >= 11 is 0. The number of methoxy groups -OCH3 is 1. The monoisotopic (exact) mass is 254 g/mol. The first-order chi connectivity index (χ1) is 8.67. The Morgan fingerprint density at radius 2 is 2.00 bits per heavy atom. The van der Waals surface area contributed by atoms with Crippen LogP contribution in [-0.2, 0) is 11.3 Å². The zero-order chi connectivity index (χ0) is 13.4. The number of likely N-dealkylation sites (N-methyl/N-ethyl adjacent to an activating group) is 1. The lowest BCUT2D eigenvalue weighted by molar-refractivity contribution is 0.0962. The van der Waals surface area contributed by atoms with Crippen molar-refractivity contribution < 1.29 is 9.13 Å². The van der Waals surface area contributed by atoms with Crippen LogP contribution >= 0.6 is 0 Å². The lowest BCUT2D eigenvalue weighted by Gasteiger charge is -2.27. The van der Waals surface area contributed by atoms with Crippen LogP contribution in [0.25, 0.3) is 0 Å². The maximum absolute atomic E-state index is 12.8. The number of benzene rings is 1. The van der Waals surface area contributed by atoms with Crippen LogP contribution in [-0.4, -0.2) is 38.3 Å². The van der Waals surface area contributed by atoms with Gasteiger partial charge in [0.1, 0.15) is 5.82 Å². The van der Waals surface area contributed by atoms with Crippen molar-refractivity contribution in [3.63, 3.8) is 0 Å².